The number of nitrogens with one attached hydrogen (secondary N) is 1. The molecular weight excluding hydrogens is 130 g/mol. The van der Waals surface area contributed by atoms with E-state index in [1.807, 2.05) is 20.8 Å². The summed E-state index contributed by atoms with van der Waals surface area (Å²) in [5.74, 6) is 0. The first-order chi connectivity index (χ1) is 4.66. The fourth-order valence-corrected chi connectivity index (χ4v) is 0.545. The van der Waals surface area contributed by atoms with Gasteiger partial charge < -0.3 is 9.94 Å². The van der Waals surface area contributed by atoms with Crippen molar-refractivity contribution in [3.8, 4) is 0 Å². The Kier molecular flexibility index (Phi) is 5.58. The number of hydroxylamine groups is 1. The molecule has 0 aromatic carbocycles. The van der Waals surface area contributed by atoms with E-state index >= 15 is 0 Å². The maximum absolute atomic E-state index is 8.39. The van der Waals surface area contributed by atoms with Gasteiger partial charge in [-0.1, -0.05) is 0 Å². The smallest absolute Gasteiger partial charge is 0.0518 e. The van der Waals surface area contributed by atoms with Gasteiger partial charge in [0.1, 0.15) is 0 Å². The van der Waals surface area contributed by atoms with Crippen molar-refractivity contribution in [2.75, 3.05) is 6.61 Å². The largest absolute Gasteiger partial charge is 0.379 e. The summed E-state index contributed by atoms with van der Waals surface area (Å²) in [4.78, 5) is 0. The molecule has 0 saturated heterocycles. The van der Waals surface area contributed by atoms with Gasteiger partial charge >= 0.3 is 0 Å². The molecule has 10 heavy (non-hydrogen) atoms. The second kappa shape index (κ2) is 5.65. The Bertz CT molecular complexity index is 76.0. The minimum absolute atomic E-state index is 0.124. The van der Waals surface area contributed by atoms with E-state index in [1.165, 1.54) is 0 Å². The Hall–Kier alpha value is -0.120. The van der Waals surface area contributed by atoms with Crippen LogP contribution in [0.25, 0.3) is 0 Å². The lowest BCUT2D eigenvalue weighted by molar-refractivity contribution is 0.0552. The summed E-state index contributed by atoms with van der Waals surface area (Å²) in [5, 5.41) is 8.39. The first-order valence-electron chi connectivity index (χ1n) is 3.68. The molecule has 0 spiro atoms. The second-order valence-electron chi connectivity index (χ2n) is 2.74. The number of rotatable bonds is 5. The molecule has 2 N–H and O–H groups in total. The molecule has 0 saturated carbocycles. The van der Waals surface area contributed by atoms with E-state index in [4.69, 9.17) is 9.94 Å². The van der Waals surface area contributed by atoms with E-state index in [2.05, 4.69) is 5.48 Å². The van der Waals surface area contributed by atoms with Crippen molar-refractivity contribution < 1.29 is 9.94 Å². The zero-order valence-electron chi connectivity index (χ0n) is 6.92. The summed E-state index contributed by atoms with van der Waals surface area (Å²) < 4.78 is 5.26. The Morgan fingerprint density at radius 1 is 1.40 bits per heavy atom. The Balaban J connectivity index is 3.03. The maximum atomic E-state index is 8.39. The molecule has 3 heteroatoms. The van der Waals surface area contributed by atoms with E-state index in [-0.39, 0.29) is 12.1 Å². The van der Waals surface area contributed by atoms with Gasteiger partial charge in [-0.2, -0.15) is 0 Å². The molecule has 0 aromatic rings. The molecule has 0 amide bonds. The molecule has 3 nitrogen and oxygen atoms in total. The SMILES string of the molecule is CC(CCOC(C)C)NO. The lowest BCUT2D eigenvalue weighted by Crippen LogP contribution is -2.24. The van der Waals surface area contributed by atoms with E-state index in [1.54, 1.807) is 0 Å². The van der Waals surface area contributed by atoms with Crippen molar-refractivity contribution in [2.45, 2.75) is 39.3 Å². The van der Waals surface area contributed by atoms with Gasteiger partial charge in [-0.05, 0) is 27.2 Å². The van der Waals surface area contributed by atoms with Crippen LogP contribution in [-0.2, 0) is 4.74 Å². The first kappa shape index (κ1) is 9.88. The van der Waals surface area contributed by atoms with Gasteiger partial charge in [0.15, 0.2) is 0 Å². The van der Waals surface area contributed by atoms with Gasteiger partial charge in [0, 0.05) is 12.6 Å². The maximum Gasteiger partial charge on any atom is 0.0518 e. The summed E-state index contributed by atoms with van der Waals surface area (Å²) in [7, 11) is 0. The molecule has 1 atom stereocenters. The van der Waals surface area contributed by atoms with E-state index < -0.39 is 0 Å². The van der Waals surface area contributed by atoms with Crippen LogP contribution in [0.3, 0.4) is 0 Å². The first-order valence-corrected chi connectivity index (χ1v) is 3.68. The van der Waals surface area contributed by atoms with Crippen LogP contribution < -0.4 is 5.48 Å². The average Bonchev–Trinajstić information content (AvgIpc) is 1.87. The van der Waals surface area contributed by atoms with Gasteiger partial charge in [-0.15, -0.1) is 0 Å². The van der Waals surface area contributed by atoms with Crippen molar-refractivity contribution >= 4 is 0 Å². The highest BCUT2D eigenvalue weighted by molar-refractivity contribution is 4.52. The summed E-state index contributed by atoms with van der Waals surface area (Å²) >= 11 is 0. The second-order valence-corrected chi connectivity index (χ2v) is 2.74. The topological polar surface area (TPSA) is 41.5 Å². The molecule has 0 aliphatic heterocycles. The Morgan fingerprint density at radius 3 is 2.40 bits per heavy atom. The molecule has 0 rings (SSSR count). The monoisotopic (exact) mass is 147 g/mol. The van der Waals surface area contributed by atoms with E-state index in [0.29, 0.717) is 6.61 Å². The quantitative estimate of drug-likeness (QED) is 0.573. The van der Waals surface area contributed by atoms with Gasteiger partial charge in [0.2, 0.25) is 0 Å². The molecule has 0 aliphatic rings. The Labute approximate surface area is 62.3 Å². The van der Waals surface area contributed by atoms with Crippen LogP contribution >= 0.6 is 0 Å². The summed E-state index contributed by atoms with van der Waals surface area (Å²) in [5.41, 5.74) is 2.16. The number of hydrogen-bond acceptors (Lipinski definition) is 3. The fraction of sp³-hybridized carbons (Fsp3) is 1.00. The third-order valence-corrected chi connectivity index (χ3v) is 1.22. The predicted octanol–water partition coefficient (Wildman–Crippen LogP) is 1.17. The highest BCUT2D eigenvalue weighted by atomic mass is 16.5. The molecule has 0 aliphatic carbocycles. The third kappa shape index (κ3) is 6.01. The standard InChI is InChI=1S/C7H17NO2/c1-6(2)10-5-4-7(3)8-9/h6-9H,4-5H2,1-3H3. The highest BCUT2D eigenvalue weighted by Gasteiger charge is 1.99. The molecule has 0 bridgehead atoms. The van der Waals surface area contributed by atoms with Crippen LogP contribution in [0.1, 0.15) is 27.2 Å². The zero-order chi connectivity index (χ0) is 7.98. The third-order valence-electron chi connectivity index (χ3n) is 1.22. The summed E-state index contributed by atoms with van der Waals surface area (Å²) in [6.45, 7) is 6.60. The van der Waals surface area contributed by atoms with Gasteiger partial charge in [-0.25, -0.2) is 5.48 Å². The Morgan fingerprint density at radius 2 is 2.00 bits per heavy atom. The lowest BCUT2D eigenvalue weighted by atomic mass is 10.3. The minimum atomic E-state index is 0.124. The van der Waals surface area contributed by atoms with Gasteiger partial charge in [-0.3, -0.25) is 0 Å². The van der Waals surface area contributed by atoms with Crippen LogP contribution in [0, 0.1) is 0 Å². The van der Waals surface area contributed by atoms with Gasteiger partial charge in [0.05, 0.1) is 6.10 Å². The fourth-order valence-electron chi connectivity index (χ4n) is 0.545. The van der Waals surface area contributed by atoms with Crippen molar-refractivity contribution in [3.05, 3.63) is 0 Å². The van der Waals surface area contributed by atoms with Crippen molar-refractivity contribution in [1.29, 1.82) is 0 Å². The van der Waals surface area contributed by atoms with Crippen molar-refractivity contribution in [3.63, 3.8) is 0 Å². The summed E-state index contributed by atoms with van der Waals surface area (Å²) in [6, 6.07) is 0.124. The molecular formula is C7H17NO2. The minimum Gasteiger partial charge on any atom is -0.379 e. The van der Waals surface area contributed by atoms with E-state index in [0.717, 1.165) is 6.42 Å². The van der Waals surface area contributed by atoms with E-state index in [9.17, 15) is 0 Å². The summed E-state index contributed by atoms with van der Waals surface area (Å²) in [6.07, 6.45) is 1.13. The van der Waals surface area contributed by atoms with Crippen LogP contribution in [0.5, 0.6) is 0 Å². The molecule has 0 fully saturated rings. The number of ether oxygens (including phenoxy) is 1. The normalized spacial score (nSPS) is 14.1. The lowest BCUT2D eigenvalue weighted by Gasteiger charge is -2.10. The van der Waals surface area contributed by atoms with Crippen LogP contribution in [-0.4, -0.2) is 24.0 Å². The zero-order valence-corrected chi connectivity index (χ0v) is 6.92. The van der Waals surface area contributed by atoms with Gasteiger partial charge in [0.25, 0.3) is 0 Å². The number of hydrogen-bond donors (Lipinski definition) is 2. The predicted molar refractivity (Wildman–Crippen MR) is 40.1 cm³/mol. The average molecular weight is 147 g/mol. The van der Waals surface area contributed by atoms with Crippen LogP contribution in [0.15, 0.2) is 0 Å². The molecule has 0 radical (unpaired) electrons. The molecule has 0 heterocycles. The molecule has 62 valence electrons. The van der Waals surface area contributed by atoms with Crippen LogP contribution in [0.4, 0.5) is 0 Å². The van der Waals surface area contributed by atoms with Crippen molar-refractivity contribution in [2.24, 2.45) is 0 Å². The van der Waals surface area contributed by atoms with Crippen molar-refractivity contribution in [1.82, 2.24) is 5.48 Å². The molecule has 1 unspecified atom stereocenters. The highest BCUT2D eigenvalue weighted by Crippen LogP contribution is 1.93. The molecule has 0 aromatic heterocycles. The van der Waals surface area contributed by atoms with Crippen LogP contribution in [0.2, 0.25) is 0 Å².